The normalized spacial score (nSPS) is 15.2. The standard InChI is InChI=1S/C15H18F3N2/c1-3-4-5-12-6-13(15(16,17)18)8-14(7-12)20-9-11(2)19-10-20/h6-9H,3-5,10H2,1-2H3/q+1. The number of alkyl halides is 3. The van der Waals surface area contributed by atoms with E-state index in [1.165, 1.54) is 12.1 Å². The van der Waals surface area contributed by atoms with Crippen LogP contribution in [0.4, 0.5) is 18.9 Å². The van der Waals surface area contributed by atoms with Crippen LogP contribution in [0.15, 0.2) is 23.2 Å². The van der Waals surface area contributed by atoms with E-state index in [2.05, 4.69) is 4.99 Å². The Kier molecular flexibility index (Phi) is 4.26. The smallest absolute Gasteiger partial charge is 0.219 e. The number of hydrogen-bond acceptors (Lipinski definition) is 1. The lowest BCUT2D eigenvalue weighted by atomic mass is 10.0. The number of rotatable bonds is 4. The van der Waals surface area contributed by atoms with Gasteiger partial charge in [-0.3, -0.25) is 0 Å². The number of nitrogens with zero attached hydrogens (tertiary/aromatic N) is 2. The summed E-state index contributed by atoms with van der Waals surface area (Å²) in [6.07, 6.45) is -0.0174. The Morgan fingerprint density at radius 3 is 2.55 bits per heavy atom. The quantitative estimate of drug-likeness (QED) is 0.736. The van der Waals surface area contributed by atoms with Crippen LogP contribution >= 0.6 is 0 Å². The van der Waals surface area contributed by atoms with Crippen molar-refractivity contribution in [1.82, 2.24) is 0 Å². The second kappa shape index (κ2) is 5.77. The van der Waals surface area contributed by atoms with E-state index in [1.54, 1.807) is 10.8 Å². The lowest BCUT2D eigenvalue weighted by Gasteiger charge is -2.10. The van der Waals surface area contributed by atoms with Gasteiger partial charge in [-0.1, -0.05) is 13.3 Å². The van der Waals surface area contributed by atoms with Crippen LogP contribution in [0.5, 0.6) is 0 Å². The summed E-state index contributed by atoms with van der Waals surface area (Å²) in [4.78, 5) is 4.18. The van der Waals surface area contributed by atoms with E-state index in [4.69, 9.17) is 0 Å². The SMILES string of the molecule is CCCCc1cc([N+]2=CC(C)=NC2)cc(C(F)(F)F)c1. The lowest BCUT2D eigenvalue weighted by Crippen LogP contribution is -2.09. The number of benzene rings is 1. The fraction of sp³-hybridized carbons (Fsp3) is 0.467. The second-order valence-electron chi connectivity index (χ2n) is 5.03. The molecule has 1 aliphatic heterocycles. The summed E-state index contributed by atoms with van der Waals surface area (Å²) < 4.78 is 40.7. The topological polar surface area (TPSA) is 15.4 Å². The summed E-state index contributed by atoms with van der Waals surface area (Å²) in [6.45, 7) is 4.26. The molecule has 5 heteroatoms. The Morgan fingerprint density at radius 1 is 1.25 bits per heavy atom. The van der Waals surface area contributed by atoms with Crippen molar-refractivity contribution >= 4 is 17.6 Å². The molecule has 0 saturated heterocycles. The minimum atomic E-state index is -4.31. The summed E-state index contributed by atoms with van der Waals surface area (Å²) in [7, 11) is 0. The highest BCUT2D eigenvalue weighted by molar-refractivity contribution is 6.28. The van der Waals surface area contributed by atoms with Crippen molar-refractivity contribution in [2.45, 2.75) is 39.3 Å². The van der Waals surface area contributed by atoms with Gasteiger partial charge in [0.25, 0.3) is 0 Å². The van der Waals surface area contributed by atoms with E-state index < -0.39 is 11.7 Å². The van der Waals surface area contributed by atoms with Crippen molar-refractivity contribution < 1.29 is 17.7 Å². The molecule has 0 radical (unpaired) electrons. The van der Waals surface area contributed by atoms with Crippen LogP contribution in [0.25, 0.3) is 0 Å². The van der Waals surface area contributed by atoms with E-state index in [0.29, 0.717) is 18.8 Å². The van der Waals surface area contributed by atoms with Gasteiger partial charge in [-0.15, -0.1) is 0 Å². The molecule has 2 rings (SSSR count). The number of halogens is 3. The third kappa shape index (κ3) is 3.46. The monoisotopic (exact) mass is 283 g/mol. The van der Waals surface area contributed by atoms with E-state index in [1.807, 2.05) is 19.9 Å². The molecule has 0 fully saturated rings. The summed E-state index contributed by atoms with van der Waals surface area (Å²) in [5, 5.41) is 0. The molecule has 0 unspecified atom stereocenters. The Hall–Kier alpha value is -1.65. The number of aliphatic imine (C=N–C) groups is 1. The van der Waals surface area contributed by atoms with Gasteiger partial charge >= 0.3 is 6.18 Å². The van der Waals surface area contributed by atoms with Crippen molar-refractivity contribution in [2.24, 2.45) is 4.99 Å². The zero-order valence-electron chi connectivity index (χ0n) is 11.7. The van der Waals surface area contributed by atoms with Gasteiger partial charge in [0.05, 0.1) is 5.56 Å². The third-order valence-electron chi connectivity index (χ3n) is 3.27. The molecule has 0 bridgehead atoms. The van der Waals surface area contributed by atoms with E-state index in [-0.39, 0.29) is 0 Å². The highest BCUT2D eigenvalue weighted by Gasteiger charge is 2.32. The molecule has 1 aliphatic rings. The minimum absolute atomic E-state index is 0.389. The Balaban J connectivity index is 2.38. The molecule has 0 aromatic heterocycles. The average molecular weight is 283 g/mol. The summed E-state index contributed by atoms with van der Waals surface area (Å²) >= 11 is 0. The van der Waals surface area contributed by atoms with Gasteiger partial charge in [-0.05, 0) is 31.4 Å². The van der Waals surface area contributed by atoms with Crippen molar-refractivity contribution in [3.63, 3.8) is 0 Å². The molecule has 0 spiro atoms. The van der Waals surface area contributed by atoms with Crippen LogP contribution in [-0.2, 0) is 12.6 Å². The lowest BCUT2D eigenvalue weighted by molar-refractivity contribution is -0.428. The first-order valence-electron chi connectivity index (χ1n) is 6.74. The highest BCUT2D eigenvalue weighted by Crippen LogP contribution is 2.33. The molecule has 0 N–H and O–H groups in total. The molecule has 0 atom stereocenters. The Labute approximate surface area is 116 Å². The maximum absolute atomic E-state index is 13.0. The van der Waals surface area contributed by atoms with Crippen LogP contribution in [0.3, 0.4) is 0 Å². The largest absolute Gasteiger partial charge is 0.416 e. The molecule has 0 saturated carbocycles. The fourth-order valence-electron chi connectivity index (χ4n) is 2.18. The first kappa shape index (κ1) is 14.8. The molecular formula is C15H18F3N2+. The predicted octanol–water partition coefficient (Wildman–Crippen LogP) is 4.19. The van der Waals surface area contributed by atoms with Crippen LogP contribution in [0.2, 0.25) is 0 Å². The minimum Gasteiger partial charge on any atom is -0.219 e. The maximum atomic E-state index is 13.0. The van der Waals surface area contributed by atoms with Gasteiger partial charge in [0, 0.05) is 12.1 Å². The van der Waals surface area contributed by atoms with Crippen molar-refractivity contribution in [2.75, 3.05) is 6.67 Å². The fourth-order valence-corrected chi connectivity index (χ4v) is 2.18. The number of hydrogen-bond donors (Lipinski definition) is 0. The van der Waals surface area contributed by atoms with E-state index >= 15 is 0 Å². The van der Waals surface area contributed by atoms with Gasteiger partial charge in [0.15, 0.2) is 6.21 Å². The van der Waals surface area contributed by atoms with Crippen LogP contribution in [0, 0.1) is 0 Å². The molecular weight excluding hydrogens is 265 g/mol. The van der Waals surface area contributed by atoms with Gasteiger partial charge in [-0.25, -0.2) is 4.99 Å². The first-order chi connectivity index (χ1) is 9.40. The molecule has 0 amide bonds. The zero-order chi connectivity index (χ0) is 14.8. The molecule has 1 aromatic carbocycles. The molecule has 0 aliphatic carbocycles. The third-order valence-corrected chi connectivity index (χ3v) is 3.27. The van der Waals surface area contributed by atoms with Gasteiger partial charge < -0.3 is 0 Å². The van der Waals surface area contributed by atoms with Crippen LogP contribution in [0.1, 0.15) is 37.8 Å². The number of aryl methyl sites for hydroxylation is 1. The summed E-state index contributed by atoms with van der Waals surface area (Å²) in [5.74, 6) is 0. The Bertz CT molecular complexity index is 557. The first-order valence-corrected chi connectivity index (χ1v) is 6.74. The predicted molar refractivity (Wildman–Crippen MR) is 74.0 cm³/mol. The van der Waals surface area contributed by atoms with Crippen LogP contribution in [-0.4, -0.2) is 23.2 Å². The Morgan fingerprint density at radius 2 is 2.00 bits per heavy atom. The van der Waals surface area contributed by atoms with E-state index in [0.717, 1.165) is 24.1 Å². The average Bonchev–Trinajstić information content (AvgIpc) is 2.82. The van der Waals surface area contributed by atoms with Crippen molar-refractivity contribution in [1.29, 1.82) is 0 Å². The molecule has 108 valence electrons. The molecule has 2 nitrogen and oxygen atoms in total. The van der Waals surface area contributed by atoms with Gasteiger partial charge in [-0.2, -0.15) is 17.7 Å². The van der Waals surface area contributed by atoms with Crippen molar-refractivity contribution in [3.8, 4) is 0 Å². The van der Waals surface area contributed by atoms with Gasteiger partial charge in [0.2, 0.25) is 12.4 Å². The van der Waals surface area contributed by atoms with Gasteiger partial charge in [0.1, 0.15) is 5.71 Å². The second-order valence-corrected chi connectivity index (χ2v) is 5.03. The number of unbranched alkanes of at least 4 members (excludes halogenated alkanes) is 1. The highest BCUT2D eigenvalue weighted by atomic mass is 19.4. The van der Waals surface area contributed by atoms with E-state index in [9.17, 15) is 13.2 Å². The zero-order valence-corrected chi connectivity index (χ0v) is 11.7. The summed E-state index contributed by atoms with van der Waals surface area (Å²) in [6, 6.07) is 4.28. The van der Waals surface area contributed by atoms with Crippen molar-refractivity contribution in [3.05, 3.63) is 29.3 Å². The molecule has 1 aromatic rings. The summed E-state index contributed by atoms with van der Waals surface area (Å²) in [5.41, 5.74) is 1.54. The molecule has 1 heterocycles. The molecule has 20 heavy (non-hydrogen) atoms. The van der Waals surface area contributed by atoms with Crippen LogP contribution < -0.4 is 0 Å². The maximum Gasteiger partial charge on any atom is 0.416 e.